The van der Waals surface area contributed by atoms with Crippen LogP contribution in [0.2, 0.25) is 5.02 Å². The maximum Gasteiger partial charge on any atom is 0.257 e. The lowest BCUT2D eigenvalue weighted by Gasteiger charge is -2.34. The number of hydrogen-bond acceptors (Lipinski definition) is 4. The van der Waals surface area contributed by atoms with Crippen molar-refractivity contribution in [1.29, 1.82) is 0 Å². The third-order valence-electron chi connectivity index (χ3n) is 4.11. The molecule has 1 fully saturated rings. The number of carbonyl (C=O) groups is 1. The molecule has 6 nitrogen and oxygen atoms in total. The van der Waals surface area contributed by atoms with E-state index in [-0.39, 0.29) is 5.91 Å². The first kappa shape index (κ1) is 16.8. The topological polar surface area (TPSA) is 50.6 Å². The molecule has 2 aromatic rings. The van der Waals surface area contributed by atoms with Crippen LogP contribution in [0.5, 0.6) is 5.75 Å². The minimum Gasteiger partial charge on any atom is -0.491 e. The molecule has 3 rings (SSSR count). The average molecular weight is 349 g/mol. The summed E-state index contributed by atoms with van der Waals surface area (Å²) in [5.74, 6) is 0.764. The molecule has 1 amide bonds. The highest BCUT2D eigenvalue weighted by Crippen LogP contribution is 2.22. The van der Waals surface area contributed by atoms with Crippen LogP contribution in [-0.2, 0) is 7.05 Å². The van der Waals surface area contributed by atoms with Gasteiger partial charge in [0, 0.05) is 46.0 Å². The van der Waals surface area contributed by atoms with Crippen molar-refractivity contribution in [1.82, 2.24) is 19.6 Å². The minimum absolute atomic E-state index is 0.0510. The van der Waals surface area contributed by atoms with E-state index in [1.165, 1.54) is 0 Å². The summed E-state index contributed by atoms with van der Waals surface area (Å²) in [6, 6.07) is 7.48. The van der Waals surface area contributed by atoms with Crippen molar-refractivity contribution >= 4 is 17.5 Å². The van der Waals surface area contributed by atoms with Gasteiger partial charge in [-0.1, -0.05) is 23.7 Å². The van der Waals surface area contributed by atoms with Gasteiger partial charge in [-0.25, -0.2) is 0 Å². The molecule has 1 saturated heterocycles. The van der Waals surface area contributed by atoms with E-state index in [0.29, 0.717) is 22.9 Å². The Bertz CT molecular complexity index is 695. The van der Waals surface area contributed by atoms with Gasteiger partial charge in [0.1, 0.15) is 12.4 Å². The van der Waals surface area contributed by atoms with Crippen molar-refractivity contribution in [2.75, 3.05) is 39.3 Å². The van der Waals surface area contributed by atoms with Gasteiger partial charge in [-0.3, -0.25) is 14.4 Å². The maximum atomic E-state index is 12.4. The van der Waals surface area contributed by atoms with Gasteiger partial charge < -0.3 is 9.64 Å². The number of nitrogens with zero attached hydrogens (tertiary/aromatic N) is 4. The Balaban J connectivity index is 1.42. The van der Waals surface area contributed by atoms with Crippen LogP contribution in [-0.4, -0.2) is 64.8 Å². The number of amides is 1. The van der Waals surface area contributed by atoms with Crippen molar-refractivity contribution in [2.45, 2.75) is 0 Å². The van der Waals surface area contributed by atoms with Crippen LogP contribution < -0.4 is 4.74 Å². The Labute approximate surface area is 146 Å². The van der Waals surface area contributed by atoms with Crippen molar-refractivity contribution in [2.24, 2.45) is 7.05 Å². The molecule has 0 N–H and O–H groups in total. The Morgan fingerprint density at radius 2 is 2.00 bits per heavy atom. The van der Waals surface area contributed by atoms with Gasteiger partial charge in [0.15, 0.2) is 0 Å². The number of aromatic nitrogens is 2. The Kier molecular flexibility index (Phi) is 5.37. The lowest BCUT2D eigenvalue weighted by molar-refractivity contribution is 0.0620. The van der Waals surface area contributed by atoms with Crippen molar-refractivity contribution in [3.63, 3.8) is 0 Å². The first-order valence-corrected chi connectivity index (χ1v) is 8.39. The van der Waals surface area contributed by atoms with Crippen LogP contribution in [0.1, 0.15) is 10.4 Å². The fourth-order valence-electron chi connectivity index (χ4n) is 2.74. The third-order valence-corrected chi connectivity index (χ3v) is 4.43. The Morgan fingerprint density at radius 1 is 1.25 bits per heavy atom. The number of halogens is 1. The Morgan fingerprint density at radius 3 is 2.67 bits per heavy atom. The van der Waals surface area contributed by atoms with E-state index in [9.17, 15) is 4.79 Å². The normalized spacial score (nSPS) is 15.5. The fraction of sp³-hybridized carbons (Fsp3) is 0.412. The first-order chi connectivity index (χ1) is 11.6. The predicted octanol–water partition coefficient (Wildman–Crippen LogP) is 1.91. The molecule has 128 valence electrons. The van der Waals surface area contributed by atoms with Crippen LogP contribution >= 0.6 is 11.6 Å². The van der Waals surface area contributed by atoms with Crippen molar-refractivity contribution in [3.05, 3.63) is 47.2 Å². The fourth-order valence-corrected chi connectivity index (χ4v) is 2.93. The van der Waals surface area contributed by atoms with Gasteiger partial charge in [0.05, 0.1) is 16.8 Å². The Hall–Kier alpha value is -2.05. The number of ether oxygens (including phenoxy) is 1. The molecule has 0 spiro atoms. The summed E-state index contributed by atoms with van der Waals surface area (Å²) in [7, 11) is 1.81. The molecule has 1 aliphatic rings. The SMILES string of the molecule is Cn1cc(C(=O)N2CCN(CCOc3ccccc3Cl)CC2)cn1. The summed E-state index contributed by atoms with van der Waals surface area (Å²) >= 11 is 6.07. The minimum atomic E-state index is 0.0510. The zero-order valence-electron chi connectivity index (χ0n) is 13.7. The smallest absolute Gasteiger partial charge is 0.257 e. The largest absolute Gasteiger partial charge is 0.491 e. The highest BCUT2D eigenvalue weighted by atomic mass is 35.5. The zero-order chi connectivity index (χ0) is 16.9. The average Bonchev–Trinajstić information content (AvgIpc) is 3.03. The summed E-state index contributed by atoms with van der Waals surface area (Å²) in [6.45, 7) is 4.54. The molecule has 0 radical (unpaired) electrons. The molecule has 2 heterocycles. The molecule has 7 heteroatoms. The van der Waals surface area contributed by atoms with E-state index in [0.717, 1.165) is 32.7 Å². The summed E-state index contributed by atoms with van der Waals surface area (Å²) in [6.07, 6.45) is 3.37. The second-order valence-electron chi connectivity index (χ2n) is 5.82. The van der Waals surface area contributed by atoms with Crippen LogP contribution in [0.4, 0.5) is 0 Å². The van der Waals surface area contributed by atoms with E-state index in [1.807, 2.05) is 36.2 Å². The van der Waals surface area contributed by atoms with E-state index in [1.54, 1.807) is 17.1 Å². The van der Waals surface area contributed by atoms with Gasteiger partial charge >= 0.3 is 0 Å². The summed E-state index contributed by atoms with van der Waals surface area (Å²) in [5, 5.41) is 4.68. The van der Waals surface area contributed by atoms with E-state index in [4.69, 9.17) is 16.3 Å². The molecule has 0 unspecified atom stereocenters. The molecule has 0 bridgehead atoms. The number of hydrogen-bond donors (Lipinski definition) is 0. The van der Waals surface area contributed by atoms with Crippen LogP contribution in [0, 0.1) is 0 Å². The first-order valence-electron chi connectivity index (χ1n) is 8.01. The number of aryl methyl sites for hydroxylation is 1. The molecule has 0 aliphatic carbocycles. The second kappa shape index (κ2) is 7.68. The number of carbonyl (C=O) groups excluding carboxylic acids is 1. The van der Waals surface area contributed by atoms with Crippen LogP contribution in [0.3, 0.4) is 0 Å². The molecule has 1 aliphatic heterocycles. The second-order valence-corrected chi connectivity index (χ2v) is 6.22. The molecule has 0 atom stereocenters. The van der Waals surface area contributed by atoms with E-state index >= 15 is 0 Å². The maximum absolute atomic E-state index is 12.4. The standard InChI is InChI=1S/C17H21ClN4O2/c1-20-13-14(12-19-20)17(23)22-8-6-21(7-9-22)10-11-24-16-5-3-2-4-15(16)18/h2-5,12-13H,6-11H2,1H3. The lowest BCUT2D eigenvalue weighted by Crippen LogP contribution is -2.49. The molecule has 24 heavy (non-hydrogen) atoms. The lowest BCUT2D eigenvalue weighted by atomic mass is 10.2. The van der Waals surface area contributed by atoms with Gasteiger partial charge in [0.2, 0.25) is 0 Å². The van der Waals surface area contributed by atoms with E-state index < -0.39 is 0 Å². The summed E-state index contributed by atoms with van der Waals surface area (Å²) < 4.78 is 7.37. The molecule has 1 aromatic carbocycles. The summed E-state index contributed by atoms with van der Waals surface area (Å²) in [4.78, 5) is 16.5. The molecular weight excluding hydrogens is 328 g/mol. The van der Waals surface area contributed by atoms with Crippen LogP contribution in [0.15, 0.2) is 36.7 Å². The monoisotopic (exact) mass is 348 g/mol. The third kappa shape index (κ3) is 4.07. The number of rotatable bonds is 5. The predicted molar refractivity (Wildman–Crippen MR) is 92.5 cm³/mol. The summed E-state index contributed by atoms with van der Waals surface area (Å²) in [5.41, 5.74) is 0.646. The highest BCUT2D eigenvalue weighted by Gasteiger charge is 2.22. The van der Waals surface area contributed by atoms with Crippen molar-refractivity contribution < 1.29 is 9.53 Å². The van der Waals surface area contributed by atoms with Crippen molar-refractivity contribution in [3.8, 4) is 5.75 Å². The van der Waals surface area contributed by atoms with Gasteiger partial charge in [-0.15, -0.1) is 0 Å². The molecule has 1 aromatic heterocycles. The van der Waals surface area contributed by atoms with Gasteiger partial charge in [-0.2, -0.15) is 5.10 Å². The quantitative estimate of drug-likeness (QED) is 0.828. The zero-order valence-corrected chi connectivity index (χ0v) is 14.4. The molecule has 0 saturated carbocycles. The van der Waals surface area contributed by atoms with E-state index in [2.05, 4.69) is 10.00 Å². The highest BCUT2D eigenvalue weighted by molar-refractivity contribution is 6.32. The number of benzene rings is 1. The number of piperazine rings is 1. The van der Waals surface area contributed by atoms with Gasteiger partial charge in [-0.05, 0) is 12.1 Å². The van der Waals surface area contributed by atoms with Crippen LogP contribution in [0.25, 0.3) is 0 Å². The number of para-hydroxylation sites is 1. The molecular formula is C17H21ClN4O2. The van der Waals surface area contributed by atoms with Gasteiger partial charge in [0.25, 0.3) is 5.91 Å².